The highest BCUT2D eigenvalue weighted by Crippen LogP contribution is 2.34. The van der Waals surface area contributed by atoms with Crippen LogP contribution in [0.4, 0.5) is 4.39 Å². The van der Waals surface area contributed by atoms with Crippen molar-refractivity contribution in [3.63, 3.8) is 0 Å². The number of halogens is 2. The first kappa shape index (κ1) is 18.3. The first-order chi connectivity index (χ1) is 11.9. The molecule has 0 saturated carbocycles. The number of hydrogen-bond donors (Lipinski definition) is 1. The summed E-state index contributed by atoms with van der Waals surface area (Å²) in [6.45, 7) is 1.31. The van der Waals surface area contributed by atoms with Gasteiger partial charge in [0.2, 0.25) is 10.0 Å². The summed E-state index contributed by atoms with van der Waals surface area (Å²) in [5, 5.41) is 0.478. The molecule has 1 aliphatic heterocycles. The van der Waals surface area contributed by atoms with Crippen LogP contribution in [-0.2, 0) is 20.2 Å². The molecule has 4 nitrogen and oxygen atoms in total. The Bertz CT molecular complexity index is 816. The van der Waals surface area contributed by atoms with Gasteiger partial charge < -0.3 is 4.74 Å². The molecule has 1 N–H and O–H groups in total. The van der Waals surface area contributed by atoms with Crippen LogP contribution < -0.4 is 4.72 Å². The van der Waals surface area contributed by atoms with Crippen LogP contribution in [0.3, 0.4) is 0 Å². The number of ether oxygens (including phenoxy) is 1. The minimum absolute atomic E-state index is 0.165. The molecule has 0 aliphatic carbocycles. The van der Waals surface area contributed by atoms with E-state index in [0.29, 0.717) is 31.1 Å². The van der Waals surface area contributed by atoms with Crippen molar-refractivity contribution in [2.75, 3.05) is 19.8 Å². The topological polar surface area (TPSA) is 55.4 Å². The molecule has 25 heavy (non-hydrogen) atoms. The molecule has 2 aromatic carbocycles. The van der Waals surface area contributed by atoms with Crippen molar-refractivity contribution < 1.29 is 17.5 Å². The lowest BCUT2D eigenvalue weighted by atomic mass is 9.74. The predicted molar refractivity (Wildman–Crippen MR) is 94.8 cm³/mol. The number of rotatable bonds is 5. The zero-order valence-corrected chi connectivity index (χ0v) is 15.1. The molecule has 2 aromatic rings. The fraction of sp³-hybridized carbons (Fsp3) is 0.333. The first-order valence-corrected chi connectivity index (χ1v) is 9.86. The predicted octanol–water partition coefficient (Wildman–Crippen LogP) is 3.51. The van der Waals surface area contributed by atoms with Gasteiger partial charge in [0.15, 0.2) is 0 Å². The van der Waals surface area contributed by atoms with E-state index in [0.717, 1.165) is 5.56 Å². The maximum Gasteiger partial charge on any atom is 0.240 e. The van der Waals surface area contributed by atoms with Gasteiger partial charge in [-0.05, 0) is 54.8 Å². The maximum atomic E-state index is 13.3. The summed E-state index contributed by atoms with van der Waals surface area (Å²) < 4.78 is 46.5. The molecule has 1 aliphatic rings. The van der Waals surface area contributed by atoms with Gasteiger partial charge in [-0.3, -0.25) is 0 Å². The molecular weight excluding hydrogens is 365 g/mol. The Kier molecular flexibility index (Phi) is 5.43. The van der Waals surface area contributed by atoms with Crippen LogP contribution in [0.1, 0.15) is 18.4 Å². The molecule has 7 heteroatoms. The van der Waals surface area contributed by atoms with E-state index in [2.05, 4.69) is 4.72 Å². The highest BCUT2D eigenvalue weighted by Gasteiger charge is 2.35. The van der Waals surface area contributed by atoms with Crippen molar-refractivity contribution in [2.45, 2.75) is 23.2 Å². The van der Waals surface area contributed by atoms with Crippen LogP contribution in [0.2, 0.25) is 5.02 Å². The second-order valence-corrected chi connectivity index (χ2v) is 8.38. The molecular formula is C18H19ClFNO3S. The molecule has 0 aromatic heterocycles. The Labute approximate surface area is 152 Å². The molecule has 0 atom stereocenters. The molecule has 3 rings (SSSR count). The van der Waals surface area contributed by atoms with E-state index < -0.39 is 15.4 Å². The van der Waals surface area contributed by atoms with Crippen LogP contribution in [-0.4, -0.2) is 28.2 Å². The minimum atomic E-state index is -3.65. The van der Waals surface area contributed by atoms with Gasteiger partial charge in [-0.1, -0.05) is 23.7 Å². The number of benzene rings is 2. The fourth-order valence-corrected chi connectivity index (χ4v) is 4.32. The van der Waals surface area contributed by atoms with Crippen LogP contribution in [0, 0.1) is 5.82 Å². The van der Waals surface area contributed by atoms with Crippen molar-refractivity contribution in [2.24, 2.45) is 0 Å². The Hall–Kier alpha value is -1.47. The fourth-order valence-electron chi connectivity index (χ4n) is 3.06. The summed E-state index contributed by atoms with van der Waals surface area (Å²) in [5.41, 5.74) is 0.502. The third-order valence-electron chi connectivity index (χ3n) is 4.63. The highest BCUT2D eigenvalue weighted by atomic mass is 35.5. The number of sulfonamides is 1. The second kappa shape index (κ2) is 7.41. The highest BCUT2D eigenvalue weighted by molar-refractivity contribution is 7.89. The van der Waals surface area contributed by atoms with Crippen LogP contribution in [0.5, 0.6) is 0 Å². The lowest BCUT2D eigenvalue weighted by Crippen LogP contribution is -2.44. The van der Waals surface area contributed by atoms with Crippen molar-refractivity contribution in [3.05, 3.63) is 64.9 Å². The summed E-state index contributed by atoms with van der Waals surface area (Å²) in [6.07, 6.45) is 1.34. The summed E-state index contributed by atoms with van der Waals surface area (Å²) in [7, 11) is -3.65. The SMILES string of the molecule is O=S(=O)(NCC1(c2ccc(F)cc2)CCOCC1)c1ccc(Cl)cc1. The molecule has 0 amide bonds. The minimum Gasteiger partial charge on any atom is -0.381 e. The van der Waals surface area contributed by atoms with Gasteiger partial charge in [0.1, 0.15) is 5.82 Å². The second-order valence-electron chi connectivity index (χ2n) is 6.18. The molecule has 0 bridgehead atoms. The monoisotopic (exact) mass is 383 g/mol. The van der Waals surface area contributed by atoms with Crippen molar-refractivity contribution in [1.29, 1.82) is 0 Å². The van der Waals surface area contributed by atoms with E-state index in [9.17, 15) is 12.8 Å². The van der Waals surface area contributed by atoms with Gasteiger partial charge >= 0.3 is 0 Å². The van der Waals surface area contributed by atoms with Crippen molar-refractivity contribution in [1.82, 2.24) is 4.72 Å². The standard InChI is InChI=1S/C18H19ClFNO3S/c19-15-3-7-17(8-4-15)25(22,23)21-13-18(9-11-24-12-10-18)14-1-5-16(20)6-2-14/h1-8,21H,9-13H2. The van der Waals surface area contributed by atoms with E-state index in [1.807, 2.05) is 0 Å². The first-order valence-electron chi connectivity index (χ1n) is 8.00. The molecule has 134 valence electrons. The molecule has 0 radical (unpaired) electrons. The van der Waals surface area contributed by atoms with E-state index in [-0.39, 0.29) is 17.3 Å². The molecule has 1 heterocycles. The Morgan fingerprint density at radius 3 is 2.24 bits per heavy atom. The van der Waals surface area contributed by atoms with Gasteiger partial charge in [-0.2, -0.15) is 0 Å². The van der Waals surface area contributed by atoms with Crippen molar-refractivity contribution >= 4 is 21.6 Å². The average molecular weight is 384 g/mol. The van der Waals surface area contributed by atoms with Gasteiger partial charge in [-0.25, -0.2) is 17.5 Å². The van der Waals surface area contributed by atoms with Gasteiger partial charge in [0, 0.05) is 30.2 Å². The van der Waals surface area contributed by atoms with Gasteiger partial charge in [0.25, 0.3) is 0 Å². The largest absolute Gasteiger partial charge is 0.381 e. The quantitative estimate of drug-likeness (QED) is 0.859. The molecule has 0 spiro atoms. The number of hydrogen-bond acceptors (Lipinski definition) is 3. The van der Waals surface area contributed by atoms with Gasteiger partial charge in [-0.15, -0.1) is 0 Å². The van der Waals surface area contributed by atoms with E-state index in [1.165, 1.54) is 24.3 Å². The summed E-state index contributed by atoms with van der Waals surface area (Å²) in [6, 6.07) is 12.3. The molecule has 1 saturated heterocycles. The summed E-state index contributed by atoms with van der Waals surface area (Å²) in [5.74, 6) is -0.312. The Morgan fingerprint density at radius 1 is 1.04 bits per heavy atom. The average Bonchev–Trinajstić information content (AvgIpc) is 2.62. The van der Waals surface area contributed by atoms with E-state index in [4.69, 9.17) is 16.3 Å². The van der Waals surface area contributed by atoms with Crippen molar-refractivity contribution in [3.8, 4) is 0 Å². The lowest BCUT2D eigenvalue weighted by molar-refractivity contribution is 0.0517. The third-order valence-corrected chi connectivity index (χ3v) is 6.30. The normalized spacial score (nSPS) is 17.4. The zero-order valence-electron chi connectivity index (χ0n) is 13.5. The van der Waals surface area contributed by atoms with Gasteiger partial charge in [0.05, 0.1) is 4.90 Å². The van der Waals surface area contributed by atoms with E-state index >= 15 is 0 Å². The Morgan fingerprint density at radius 2 is 1.64 bits per heavy atom. The van der Waals surface area contributed by atoms with E-state index in [1.54, 1.807) is 24.3 Å². The van der Waals surface area contributed by atoms with Crippen LogP contribution in [0.25, 0.3) is 0 Å². The zero-order chi connectivity index (χ0) is 17.9. The summed E-state index contributed by atoms with van der Waals surface area (Å²) >= 11 is 5.82. The third kappa shape index (κ3) is 4.20. The Balaban J connectivity index is 1.83. The van der Waals surface area contributed by atoms with Crippen LogP contribution in [0.15, 0.2) is 53.4 Å². The summed E-state index contributed by atoms with van der Waals surface area (Å²) in [4.78, 5) is 0.165. The molecule has 1 fully saturated rings. The smallest absolute Gasteiger partial charge is 0.240 e. The molecule has 0 unspecified atom stereocenters. The maximum absolute atomic E-state index is 13.3. The number of nitrogens with one attached hydrogen (secondary N) is 1. The van der Waals surface area contributed by atoms with Crippen LogP contribution >= 0.6 is 11.6 Å². The lowest BCUT2D eigenvalue weighted by Gasteiger charge is -2.37.